The molecular weight excluding hydrogens is 414 g/mol. The van der Waals surface area contributed by atoms with E-state index in [1.807, 2.05) is 0 Å². The van der Waals surface area contributed by atoms with E-state index in [0.29, 0.717) is 10.7 Å². The van der Waals surface area contributed by atoms with Gasteiger partial charge in [0.15, 0.2) is 6.10 Å². The molecule has 2 atom stereocenters. The van der Waals surface area contributed by atoms with Crippen LogP contribution in [0.3, 0.4) is 0 Å². The first kappa shape index (κ1) is 21.2. The lowest BCUT2D eigenvalue weighted by atomic mass is 10.00. The number of halogens is 1. The molecule has 0 radical (unpaired) electrons. The lowest BCUT2D eigenvalue weighted by Gasteiger charge is -2.23. The van der Waals surface area contributed by atoms with Gasteiger partial charge in [-0.2, -0.15) is 0 Å². The maximum absolute atomic E-state index is 12.8. The number of nitrogens with zero attached hydrogens (tertiary/aromatic N) is 1. The van der Waals surface area contributed by atoms with Gasteiger partial charge < -0.3 is 20.3 Å². The van der Waals surface area contributed by atoms with E-state index in [1.54, 1.807) is 42.5 Å². The van der Waals surface area contributed by atoms with Crippen LogP contribution in [0.15, 0.2) is 59.4 Å². The maximum atomic E-state index is 12.8. The van der Waals surface area contributed by atoms with Crippen LogP contribution in [-0.4, -0.2) is 45.1 Å². The summed E-state index contributed by atoms with van der Waals surface area (Å²) in [7, 11) is 1.38. The zero-order valence-electron chi connectivity index (χ0n) is 15.7. The molecule has 10 heteroatoms. The minimum absolute atomic E-state index is 0.141. The predicted octanol–water partition coefficient (Wildman–Crippen LogP) is 1.74. The molecular formula is C20H18ClN3O6. The summed E-state index contributed by atoms with van der Waals surface area (Å²) in [4.78, 5) is 36.5. The lowest BCUT2D eigenvalue weighted by Crippen LogP contribution is -2.40. The van der Waals surface area contributed by atoms with Gasteiger partial charge >= 0.3 is 5.97 Å². The molecule has 3 aromatic rings. The van der Waals surface area contributed by atoms with Gasteiger partial charge in [-0.25, -0.2) is 9.48 Å². The second kappa shape index (κ2) is 8.85. The zero-order valence-corrected chi connectivity index (χ0v) is 16.5. The first-order valence-electron chi connectivity index (χ1n) is 8.75. The summed E-state index contributed by atoms with van der Waals surface area (Å²) in [5, 5.41) is 24.8. The highest BCUT2D eigenvalue weighted by molar-refractivity contribution is 6.32. The Labute approximate surface area is 175 Å². The van der Waals surface area contributed by atoms with Gasteiger partial charge in [0.05, 0.1) is 23.9 Å². The molecule has 2 aromatic carbocycles. The SMILES string of the molecule is COc1ccccc1[C@@H](NC(=O)c1cc(=O)n(-c2ccccc2Cl)[nH]1)[C@@H](O)C(=O)O. The van der Waals surface area contributed by atoms with Crippen molar-refractivity contribution in [3.63, 3.8) is 0 Å². The van der Waals surface area contributed by atoms with Gasteiger partial charge in [-0.05, 0) is 18.2 Å². The number of carbonyl (C=O) groups is 2. The number of aliphatic hydroxyl groups is 1. The van der Waals surface area contributed by atoms with Crippen molar-refractivity contribution in [2.45, 2.75) is 12.1 Å². The van der Waals surface area contributed by atoms with Crippen LogP contribution in [0.4, 0.5) is 0 Å². The number of aromatic amines is 1. The van der Waals surface area contributed by atoms with Crippen LogP contribution in [0.25, 0.3) is 5.69 Å². The van der Waals surface area contributed by atoms with Crippen molar-refractivity contribution < 1.29 is 24.5 Å². The van der Waals surface area contributed by atoms with Gasteiger partial charge in [-0.1, -0.05) is 41.9 Å². The summed E-state index contributed by atoms with van der Waals surface area (Å²) in [6.45, 7) is 0. The van der Waals surface area contributed by atoms with Crippen LogP contribution < -0.4 is 15.6 Å². The molecule has 156 valence electrons. The number of carboxylic acids is 1. The molecule has 0 saturated carbocycles. The Morgan fingerprint density at radius 3 is 2.50 bits per heavy atom. The Hall–Kier alpha value is -3.56. The van der Waals surface area contributed by atoms with Crippen molar-refractivity contribution >= 4 is 23.5 Å². The average Bonchev–Trinajstić information content (AvgIpc) is 3.13. The number of H-pyrrole nitrogens is 1. The quantitative estimate of drug-likeness (QED) is 0.450. The number of nitrogens with one attached hydrogen (secondary N) is 2. The first-order valence-corrected chi connectivity index (χ1v) is 9.13. The van der Waals surface area contributed by atoms with Crippen LogP contribution in [-0.2, 0) is 4.79 Å². The fourth-order valence-electron chi connectivity index (χ4n) is 2.94. The molecule has 9 nitrogen and oxygen atoms in total. The Morgan fingerprint density at radius 1 is 1.17 bits per heavy atom. The Morgan fingerprint density at radius 2 is 1.83 bits per heavy atom. The fourth-order valence-corrected chi connectivity index (χ4v) is 3.16. The van der Waals surface area contributed by atoms with Crippen molar-refractivity contribution in [2.24, 2.45) is 0 Å². The third-order valence-electron chi connectivity index (χ3n) is 4.39. The minimum Gasteiger partial charge on any atom is -0.496 e. The van der Waals surface area contributed by atoms with E-state index in [-0.39, 0.29) is 17.0 Å². The molecule has 3 rings (SSSR count). The number of hydrogen-bond acceptors (Lipinski definition) is 5. The molecule has 0 bridgehead atoms. The number of para-hydroxylation sites is 2. The highest BCUT2D eigenvalue weighted by Gasteiger charge is 2.31. The Balaban J connectivity index is 1.96. The van der Waals surface area contributed by atoms with E-state index in [1.165, 1.54) is 13.2 Å². The van der Waals surface area contributed by atoms with Crippen molar-refractivity contribution in [1.82, 2.24) is 15.1 Å². The number of benzene rings is 2. The van der Waals surface area contributed by atoms with Gasteiger partial charge in [-0.15, -0.1) is 0 Å². The number of aliphatic hydroxyl groups excluding tert-OH is 1. The summed E-state index contributed by atoms with van der Waals surface area (Å²) >= 11 is 6.10. The molecule has 1 heterocycles. The maximum Gasteiger partial charge on any atom is 0.335 e. The smallest absolute Gasteiger partial charge is 0.335 e. The molecule has 0 unspecified atom stereocenters. The van der Waals surface area contributed by atoms with Gasteiger partial charge in [0.2, 0.25) is 0 Å². The Bertz CT molecular complexity index is 1140. The van der Waals surface area contributed by atoms with E-state index < -0.39 is 29.6 Å². The van der Waals surface area contributed by atoms with E-state index >= 15 is 0 Å². The molecule has 0 saturated heterocycles. The van der Waals surface area contributed by atoms with Crippen molar-refractivity contribution in [1.29, 1.82) is 0 Å². The summed E-state index contributed by atoms with van der Waals surface area (Å²) in [6, 6.07) is 12.6. The third-order valence-corrected chi connectivity index (χ3v) is 4.71. The van der Waals surface area contributed by atoms with Crippen molar-refractivity contribution in [3.8, 4) is 11.4 Å². The number of carbonyl (C=O) groups excluding carboxylic acids is 1. The molecule has 0 aliphatic carbocycles. The number of carboxylic acid groups (broad SMARTS) is 1. The van der Waals surface area contributed by atoms with Crippen LogP contribution in [0.5, 0.6) is 5.75 Å². The number of aliphatic carboxylic acids is 1. The first-order chi connectivity index (χ1) is 14.3. The van der Waals surface area contributed by atoms with Crippen molar-refractivity contribution in [2.75, 3.05) is 7.11 Å². The second-order valence-electron chi connectivity index (χ2n) is 6.27. The number of amides is 1. The van der Waals surface area contributed by atoms with Crippen LogP contribution >= 0.6 is 11.6 Å². The number of ether oxygens (including phenoxy) is 1. The van der Waals surface area contributed by atoms with Gasteiger partial charge in [0.25, 0.3) is 11.5 Å². The second-order valence-corrected chi connectivity index (χ2v) is 6.68. The minimum atomic E-state index is -1.96. The fraction of sp³-hybridized carbons (Fsp3) is 0.150. The summed E-state index contributed by atoms with van der Waals surface area (Å²) in [5.74, 6) is -2.05. The largest absolute Gasteiger partial charge is 0.496 e. The predicted molar refractivity (Wildman–Crippen MR) is 108 cm³/mol. The summed E-state index contributed by atoms with van der Waals surface area (Å²) < 4.78 is 6.29. The van der Waals surface area contributed by atoms with Crippen molar-refractivity contribution in [3.05, 3.63) is 81.2 Å². The third kappa shape index (κ3) is 4.22. The molecule has 1 amide bonds. The van der Waals surface area contributed by atoms with E-state index in [0.717, 1.165) is 10.7 Å². The summed E-state index contributed by atoms with van der Waals surface area (Å²) in [6.07, 6.45) is -1.96. The van der Waals surface area contributed by atoms with Gasteiger partial charge in [0, 0.05) is 11.6 Å². The summed E-state index contributed by atoms with van der Waals surface area (Å²) in [5.41, 5.74) is -0.0792. The highest BCUT2D eigenvalue weighted by Crippen LogP contribution is 2.27. The highest BCUT2D eigenvalue weighted by atomic mass is 35.5. The number of aromatic nitrogens is 2. The molecule has 0 fully saturated rings. The Kier molecular flexibility index (Phi) is 6.24. The zero-order chi connectivity index (χ0) is 21.8. The van der Waals surface area contributed by atoms with Crippen LogP contribution in [0.2, 0.25) is 5.02 Å². The number of rotatable bonds is 7. The van der Waals surface area contributed by atoms with E-state index in [2.05, 4.69) is 10.4 Å². The number of hydrogen-bond donors (Lipinski definition) is 4. The molecule has 0 spiro atoms. The topological polar surface area (TPSA) is 134 Å². The molecule has 30 heavy (non-hydrogen) atoms. The molecule has 0 aliphatic rings. The van der Waals surface area contributed by atoms with Gasteiger partial charge in [-0.3, -0.25) is 14.7 Å². The molecule has 1 aromatic heterocycles. The monoisotopic (exact) mass is 431 g/mol. The van der Waals surface area contributed by atoms with E-state index in [9.17, 15) is 24.6 Å². The lowest BCUT2D eigenvalue weighted by molar-refractivity contribution is -0.148. The average molecular weight is 432 g/mol. The van der Waals surface area contributed by atoms with Gasteiger partial charge in [0.1, 0.15) is 11.4 Å². The normalized spacial score (nSPS) is 12.8. The van der Waals surface area contributed by atoms with E-state index in [4.69, 9.17) is 16.3 Å². The standard InChI is InChI=1S/C20H18ClN3O6/c1-30-15-9-5-2-6-11(15)17(18(26)20(28)29)22-19(27)13-10-16(25)24(23-13)14-8-4-3-7-12(14)21/h2-10,17-18,23,26H,1H3,(H,22,27)(H,28,29)/t17-,18-/m1/s1. The number of methoxy groups -OCH3 is 1. The molecule has 0 aliphatic heterocycles. The molecule has 4 N–H and O–H groups in total. The van der Waals surface area contributed by atoms with Crippen LogP contribution in [0.1, 0.15) is 22.1 Å². The van der Waals surface area contributed by atoms with Crippen LogP contribution in [0, 0.1) is 0 Å².